The van der Waals surface area contributed by atoms with E-state index in [0.29, 0.717) is 12.0 Å². The molecule has 3 aromatic heterocycles. The van der Waals surface area contributed by atoms with Gasteiger partial charge in [0.25, 0.3) is 0 Å². The van der Waals surface area contributed by atoms with Gasteiger partial charge in [0.2, 0.25) is 5.91 Å². The van der Waals surface area contributed by atoms with E-state index in [-0.39, 0.29) is 29.9 Å². The van der Waals surface area contributed by atoms with Gasteiger partial charge in [0, 0.05) is 25.1 Å². The van der Waals surface area contributed by atoms with Crippen LogP contribution in [0.2, 0.25) is 0 Å². The van der Waals surface area contributed by atoms with Gasteiger partial charge in [-0.3, -0.25) is 9.20 Å². The summed E-state index contributed by atoms with van der Waals surface area (Å²) in [6.45, 7) is 5.40. The van der Waals surface area contributed by atoms with E-state index in [1.165, 1.54) is 19.2 Å². The predicted molar refractivity (Wildman–Crippen MR) is 92.8 cm³/mol. The first-order chi connectivity index (χ1) is 13.4. The van der Waals surface area contributed by atoms with Crippen LogP contribution in [0.25, 0.3) is 22.3 Å². The molecule has 1 N–H and O–H groups in total. The largest absolute Gasteiger partial charge is 0.433 e. The Morgan fingerprint density at radius 1 is 1.14 bits per heavy atom. The third-order valence-electron chi connectivity index (χ3n) is 4.16. The molecule has 0 aliphatic rings. The van der Waals surface area contributed by atoms with E-state index in [0.717, 1.165) is 10.5 Å². The van der Waals surface area contributed by atoms with Gasteiger partial charge < -0.3 is 5.32 Å². The molecule has 5 nitrogen and oxygen atoms in total. The topological polar surface area (TPSA) is 59.3 Å². The highest BCUT2D eigenvalue weighted by Crippen LogP contribution is 2.38. The van der Waals surface area contributed by atoms with E-state index in [1.54, 1.807) is 0 Å². The van der Waals surface area contributed by atoms with Crippen molar-refractivity contribution in [3.05, 3.63) is 47.9 Å². The van der Waals surface area contributed by atoms with Crippen molar-refractivity contribution in [1.29, 1.82) is 0 Å². The number of pyridine rings is 2. The summed E-state index contributed by atoms with van der Waals surface area (Å²) >= 11 is 0. The van der Waals surface area contributed by atoms with Crippen LogP contribution in [0.15, 0.2) is 31.0 Å². The first-order valence-corrected chi connectivity index (χ1v) is 8.28. The number of hydrogen-bond acceptors (Lipinski definition) is 3. The third-order valence-corrected chi connectivity index (χ3v) is 4.16. The lowest BCUT2D eigenvalue weighted by Gasteiger charge is -2.14. The minimum Gasteiger partial charge on any atom is -0.356 e. The Bertz CT molecular complexity index is 1110. The number of imidazole rings is 1. The Morgan fingerprint density at radius 2 is 1.83 bits per heavy atom. The van der Waals surface area contributed by atoms with Crippen LogP contribution in [-0.4, -0.2) is 26.8 Å². The summed E-state index contributed by atoms with van der Waals surface area (Å²) in [5.41, 5.74) is -2.75. The van der Waals surface area contributed by atoms with E-state index < -0.39 is 34.6 Å². The molecule has 11 heteroatoms. The number of carbonyl (C=O) groups is 1. The van der Waals surface area contributed by atoms with Gasteiger partial charge in [-0.05, 0) is 30.2 Å². The molecule has 0 aromatic carbocycles. The quantitative estimate of drug-likeness (QED) is 0.639. The molecular weight excluding hydrogens is 402 g/mol. The normalized spacial score (nSPS) is 12.5. The molecule has 0 unspecified atom stereocenters. The van der Waals surface area contributed by atoms with Crippen LogP contribution in [-0.2, 0) is 17.1 Å². The van der Waals surface area contributed by atoms with Crippen molar-refractivity contribution in [2.24, 2.45) is 0 Å². The van der Waals surface area contributed by atoms with Gasteiger partial charge in [0.1, 0.15) is 17.0 Å². The molecule has 3 rings (SSSR count). The van der Waals surface area contributed by atoms with Gasteiger partial charge in [-0.25, -0.2) is 9.97 Å². The highest BCUT2D eigenvalue weighted by atomic mass is 19.4. The Labute approximate surface area is 160 Å². The second-order valence-electron chi connectivity index (χ2n) is 6.31. The fraction of sp³-hybridized carbons (Fsp3) is 0.278. The maximum atomic E-state index is 13.4. The number of nitrogens with zero attached hydrogens (tertiary/aromatic N) is 3. The highest BCUT2D eigenvalue weighted by molar-refractivity contribution is 5.83. The maximum Gasteiger partial charge on any atom is 0.433 e. The van der Waals surface area contributed by atoms with Crippen LogP contribution in [0.5, 0.6) is 0 Å². The van der Waals surface area contributed by atoms with Gasteiger partial charge in [0.15, 0.2) is 0 Å². The van der Waals surface area contributed by atoms with Crippen LogP contribution in [0.1, 0.15) is 30.3 Å². The van der Waals surface area contributed by atoms with Crippen molar-refractivity contribution in [3.63, 3.8) is 0 Å². The fourth-order valence-corrected chi connectivity index (χ4v) is 2.80. The molecule has 0 saturated carbocycles. The van der Waals surface area contributed by atoms with Crippen LogP contribution in [0, 0.1) is 0 Å². The zero-order valence-corrected chi connectivity index (χ0v) is 14.9. The van der Waals surface area contributed by atoms with E-state index >= 15 is 0 Å². The number of alkyl halides is 6. The molecule has 0 fully saturated rings. The van der Waals surface area contributed by atoms with Crippen molar-refractivity contribution in [2.45, 2.75) is 25.7 Å². The lowest BCUT2D eigenvalue weighted by atomic mass is 10.1. The summed E-state index contributed by atoms with van der Waals surface area (Å²) in [5.74, 6) is -0.248. The summed E-state index contributed by atoms with van der Waals surface area (Å²) in [6, 6.07) is 2.30. The van der Waals surface area contributed by atoms with Crippen molar-refractivity contribution < 1.29 is 31.1 Å². The van der Waals surface area contributed by atoms with E-state index in [4.69, 9.17) is 0 Å². The molecule has 1 amide bonds. The molecular formula is C18H14F6N4O. The molecule has 0 bridgehead atoms. The summed E-state index contributed by atoms with van der Waals surface area (Å²) in [7, 11) is 0. The minimum absolute atomic E-state index is 0.00162. The van der Waals surface area contributed by atoms with Crippen LogP contribution in [0.4, 0.5) is 26.3 Å². The Morgan fingerprint density at radius 3 is 2.41 bits per heavy atom. The highest BCUT2D eigenvalue weighted by Gasteiger charge is 2.39. The zero-order chi connectivity index (χ0) is 21.6. The molecule has 3 aromatic rings. The number of aromatic nitrogens is 3. The van der Waals surface area contributed by atoms with Crippen LogP contribution < -0.4 is 5.32 Å². The molecule has 0 atom stereocenters. The molecule has 29 heavy (non-hydrogen) atoms. The molecule has 154 valence electrons. The average Bonchev–Trinajstić information content (AvgIpc) is 3.03. The lowest BCUT2D eigenvalue weighted by molar-refractivity contribution is -0.144. The standard InChI is InChI=1S/C18H14F6N4O/c1-9(5-6-25-10(2)29)13-8-28-15(26-13)4-3-11-12(17(19,20)21)7-14(18(22,23)24)27-16(11)28/h3-4,7-8H,1,5-6H2,2H3,(H,25,29). The number of rotatable bonds is 4. The van der Waals surface area contributed by atoms with Crippen molar-refractivity contribution in [3.8, 4) is 0 Å². The zero-order valence-electron chi connectivity index (χ0n) is 14.9. The van der Waals surface area contributed by atoms with E-state index in [1.807, 2.05) is 0 Å². The summed E-state index contributed by atoms with van der Waals surface area (Å²) in [6.07, 6.45) is -8.47. The van der Waals surface area contributed by atoms with E-state index in [2.05, 4.69) is 21.9 Å². The number of carbonyl (C=O) groups excluding carboxylic acids is 1. The molecule has 0 radical (unpaired) electrons. The van der Waals surface area contributed by atoms with Crippen molar-refractivity contribution in [1.82, 2.24) is 19.7 Å². The van der Waals surface area contributed by atoms with Gasteiger partial charge in [-0.15, -0.1) is 0 Å². The molecule has 0 spiro atoms. The van der Waals surface area contributed by atoms with Gasteiger partial charge in [0.05, 0.1) is 11.3 Å². The van der Waals surface area contributed by atoms with Crippen molar-refractivity contribution in [2.75, 3.05) is 6.54 Å². The summed E-state index contributed by atoms with van der Waals surface area (Å²) in [4.78, 5) is 18.5. The van der Waals surface area contributed by atoms with Gasteiger partial charge >= 0.3 is 12.4 Å². The second-order valence-corrected chi connectivity index (χ2v) is 6.31. The number of hydrogen-bond donors (Lipinski definition) is 1. The average molecular weight is 416 g/mol. The summed E-state index contributed by atoms with van der Waals surface area (Å²) in [5, 5.41) is 2.08. The monoisotopic (exact) mass is 416 g/mol. The van der Waals surface area contributed by atoms with E-state index in [9.17, 15) is 31.1 Å². The predicted octanol–water partition coefficient (Wildman–Crippen LogP) is 4.46. The Kier molecular flexibility index (Phi) is 5.01. The first kappa shape index (κ1) is 20.6. The SMILES string of the molecule is C=C(CCNC(C)=O)c1cn2c(ccc3c(C(F)(F)F)cc(C(F)(F)F)nc32)n1. The fourth-order valence-electron chi connectivity index (χ4n) is 2.80. The number of nitrogens with one attached hydrogen (secondary N) is 1. The first-order valence-electron chi connectivity index (χ1n) is 8.28. The number of amides is 1. The number of halogens is 6. The van der Waals surface area contributed by atoms with Crippen molar-refractivity contribution >= 4 is 28.2 Å². The molecule has 0 aliphatic carbocycles. The van der Waals surface area contributed by atoms with Crippen LogP contribution in [0.3, 0.4) is 0 Å². The second kappa shape index (κ2) is 7.05. The van der Waals surface area contributed by atoms with Gasteiger partial charge in [-0.1, -0.05) is 6.58 Å². The smallest absolute Gasteiger partial charge is 0.356 e. The summed E-state index contributed by atoms with van der Waals surface area (Å²) < 4.78 is 80.5. The van der Waals surface area contributed by atoms with Crippen LogP contribution >= 0.6 is 0 Å². The number of fused-ring (bicyclic) bond motifs is 3. The minimum atomic E-state index is -5.05. The maximum absolute atomic E-state index is 13.4. The molecule has 0 saturated heterocycles. The lowest BCUT2D eigenvalue weighted by Crippen LogP contribution is -2.20. The Hall–Kier alpha value is -3.11. The van der Waals surface area contributed by atoms with Gasteiger partial charge in [-0.2, -0.15) is 26.3 Å². The molecule has 3 heterocycles. The molecule has 0 aliphatic heterocycles. The Balaban J connectivity index is 2.16. The third kappa shape index (κ3) is 4.17.